The van der Waals surface area contributed by atoms with Gasteiger partial charge in [0.05, 0.1) is 10.8 Å². The summed E-state index contributed by atoms with van der Waals surface area (Å²) >= 11 is 3.33. The Balaban J connectivity index is 1.64. The van der Waals surface area contributed by atoms with Crippen molar-refractivity contribution in [3.05, 3.63) is 28.7 Å². The molecule has 2 fully saturated rings. The summed E-state index contributed by atoms with van der Waals surface area (Å²) in [4.78, 5) is 13.0. The summed E-state index contributed by atoms with van der Waals surface area (Å²) in [7, 11) is -3.55. The number of nitrogens with zero attached hydrogens (tertiary/aromatic N) is 1. The van der Waals surface area contributed by atoms with Gasteiger partial charge in [0.2, 0.25) is 15.9 Å². The normalized spacial score (nSPS) is 23.3. The van der Waals surface area contributed by atoms with E-state index in [1.165, 1.54) is 30.0 Å². The predicted molar refractivity (Wildman–Crippen MR) is 105 cm³/mol. The maximum atomic E-state index is 12.9. The molecule has 1 amide bonds. The molecule has 26 heavy (non-hydrogen) atoms. The largest absolute Gasteiger partial charge is 0.353 e. The maximum absolute atomic E-state index is 12.9. The van der Waals surface area contributed by atoms with Gasteiger partial charge in [0.25, 0.3) is 0 Å². The Labute approximate surface area is 164 Å². The predicted octanol–water partition coefficient (Wildman–Crippen LogP) is 3.69. The van der Waals surface area contributed by atoms with Crippen molar-refractivity contribution >= 4 is 31.9 Å². The molecular weight excluding hydrogens is 416 g/mol. The minimum Gasteiger partial charge on any atom is -0.353 e. The number of rotatable bonds is 4. The van der Waals surface area contributed by atoms with E-state index < -0.39 is 10.0 Å². The van der Waals surface area contributed by atoms with Gasteiger partial charge < -0.3 is 5.32 Å². The van der Waals surface area contributed by atoms with Crippen LogP contribution >= 0.6 is 15.9 Å². The van der Waals surface area contributed by atoms with Crippen LogP contribution in [0.5, 0.6) is 0 Å². The Morgan fingerprint density at radius 3 is 2.31 bits per heavy atom. The van der Waals surface area contributed by atoms with Crippen molar-refractivity contribution in [2.24, 2.45) is 5.92 Å². The summed E-state index contributed by atoms with van der Waals surface area (Å²) in [6.45, 7) is 0.753. The fraction of sp³-hybridized carbons (Fsp3) is 0.632. The maximum Gasteiger partial charge on any atom is 0.243 e. The van der Waals surface area contributed by atoms with Crippen molar-refractivity contribution in [2.45, 2.75) is 62.3 Å². The van der Waals surface area contributed by atoms with Gasteiger partial charge >= 0.3 is 0 Å². The summed E-state index contributed by atoms with van der Waals surface area (Å²) in [6.07, 6.45) is 8.38. The number of carbonyl (C=O) groups excluding carboxylic acids is 1. The molecule has 1 aliphatic carbocycles. The molecule has 1 aromatic carbocycles. The van der Waals surface area contributed by atoms with Crippen LogP contribution in [0.15, 0.2) is 33.6 Å². The van der Waals surface area contributed by atoms with Gasteiger partial charge in [-0.2, -0.15) is 4.31 Å². The van der Waals surface area contributed by atoms with Crippen molar-refractivity contribution < 1.29 is 13.2 Å². The van der Waals surface area contributed by atoms with E-state index in [0.717, 1.165) is 30.2 Å². The van der Waals surface area contributed by atoms with Crippen molar-refractivity contribution in [3.8, 4) is 0 Å². The summed E-state index contributed by atoms with van der Waals surface area (Å²) in [5.41, 5.74) is 0. The second kappa shape index (κ2) is 8.85. The number of halogens is 1. The van der Waals surface area contributed by atoms with Crippen LogP contribution in [-0.2, 0) is 14.8 Å². The SMILES string of the molecule is O=C(NC1CCCCCC1)[C@H]1CCCN(S(=O)(=O)c2ccc(Br)cc2)C1. The van der Waals surface area contributed by atoms with Gasteiger partial charge in [-0.05, 0) is 49.9 Å². The quantitative estimate of drug-likeness (QED) is 0.722. The molecule has 0 unspecified atom stereocenters. The number of carbonyl (C=O) groups is 1. The van der Waals surface area contributed by atoms with E-state index in [0.29, 0.717) is 6.54 Å². The first-order chi connectivity index (χ1) is 12.5. The van der Waals surface area contributed by atoms with Crippen LogP contribution in [-0.4, -0.2) is 37.8 Å². The van der Waals surface area contributed by atoms with Crippen LogP contribution in [0.3, 0.4) is 0 Å². The standard InChI is InChI=1S/C19H27BrN2O3S/c20-16-9-11-18(12-10-16)26(24,25)22-13-5-6-15(14-22)19(23)21-17-7-3-1-2-4-8-17/h9-12,15,17H,1-8,13-14H2,(H,21,23)/t15-/m0/s1. The highest BCUT2D eigenvalue weighted by Gasteiger charge is 2.33. The lowest BCUT2D eigenvalue weighted by Gasteiger charge is -2.32. The molecule has 0 aromatic heterocycles. The monoisotopic (exact) mass is 442 g/mol. The zero-order valence-electron chi connectivity index (χ0n) is 15.0. The average Bonchev–Trinajstić information content (AvgIpc) is 2.91. The Morgan fingerprint density at radius 2 is 1.65 bits per heavy atom. The number of sulfonamides is 1. The van der Waals surface area contributed by atoms with Gasteiger partial charge in [-0.15, -0.1) is 0 Å². The smallest absolute Gasteiger partial charge is 0.243 e. The van der Waals surface area contributed by atoms with Gasteiger partial charge in [0.15, 0.2) is 0 Å². The van der Waals surface area contributed by atoms with E-state index in [1.54, 1.807) is 24.3 Å². The third-order valence-electron chi connectivity index (χ3n) is 5.41. The molecule has 1 N–H and O–H groups in total. The van der Waals surface area contributed by atoms with Gasteiger partial charge in [-0.1, -0.05) is 41.6 Å². The molecule has 3 rings (SSSR count). The molecule has 1 aliphatic heterocycles. The zero-order valence-corrected chi connectivity index (χ0v) is 17.4. The highest BCUT2D eigenvalue weighted by atomic mass is 79.9. The molecule has 1 saturated heterocycles. The number of piperidine rings is 1. The van der Waals surface area contributed by atoms with Gasteiger partial charge in [0, 0.05) is 23.6 Å². The Morgan fingerprint density at radius 1 is 1.00 bits per heavy atom. The number of hydrogen-bond donors (Lipinski definition) is 1. The molecule has 1 saturated carbocycles. The zero-order chi connectivity index (χ0) is 18.6. The molecule has 0 spiro atoms. The molecule has 5 nitrogen and oxygen atoms in total. The number of benzene rings is 1. The fourth-order valence-corrected chi connectivity index (χ4v) is 5.66. The number of nitrogens with one attached hydrogen (secondary N) is 1. The van der Waals surface area contributed by atoms with E-state index in [9.17, 15) is 13.2 Å². The highest BCUT2D eigenvalue weighted by molar-refractivity contribution is 9.10. The van der Waals surface area contributed by atoms with E-state index in [2.05, 4.69) is 21.2 Å². The summed E-state index contributed by atoms with van der Waals surface area (Å²) < 4.78 is 28.1. The molecule has 2 aliphatic rings. The lowest BCUT2D eigenvalue weighted by Crippen LogP contribution is -2.47. The molecular formula is C19H27BrN2O3S. The first kappa shape index (κ1) is 19.8. The van der Waals surface area contributed by atoms with Crippen molar-refractivity contribution in [2.75, 3.05) is 13.1 Å². The van der Waals surface area contributed by atoms with Crippen molar-refractivity contribution in [1.29, 1.82) is 0 Å². The van der Waals surface area contributed by atoms with Crippen LogP contribution in [0.2, 0.25) is 0 Å². The first-order valence-electron chi connectivity index (χ1n) is 9.53. The van der Waals surface area contributed by atoms with Crippen molar-refractivity contribution in [1.82, 2.24) is 9.62 Å². The number of hydrogen-bond acceptors (Lipinski definition) is 3. The average molecular weight is 443 g/mol. The highest BCUT2D eigenvalue weighted by Crippen LogP contribution is 2.25. The molecule has 7 heteroatoms. The minimum atomic E-state index is -3.55. The number of amides is 1. The Kier molecular flexibility index (Phi) is 6.75. The van der Waals surface area contributed by atoms with E-state index in [-0.39, 0.29) is 29.3 Å². The van der Waals surface area contributed by atoms with E-state index in [4.69, 9.17) is 0 Å². The van der Waals surface area contributed by atoms with E-state index in [1.807, 2.05) is 0 Å². The third-order valence-corrected chi connectivity index (χ3v) is 7.82. The second-order valence-corrected chi connectivity index (χ2v) is 10.2. The molecule has 0 bridgehead atoms. The van der Waals surface area contributed by atoms with Crippen LogP contribution in [0, 0.1) is 5.92 Å². The lowest BCUT2D eigenvalue weighted by molar-refractivity contribution is -0.126. The van der Waals surface area contributed by atoms with Gasteiger partial charge in [0.1, 0.15) is 0 Å². The van der Waals surface area contributed by atoms with Crippen molar-refractivity contribution in [3.63, 3.8) is 0 Å². The molecule has 1 heterocycles. The molecule has 0 radical (unpaired) electrons. The minimum absolute atomic E-state index is 0.0209. The van der Waals surface area contributed by atoms with Crippen LogP contribution < -0.4 is 5.32 Å². The molecule has 144 valence electrons. The Hall–Kier alpha value is -0.920. The van der Waals surface area contributed by atoms with Crippen LogP contribution in [0.1, 0.15) is 51.4 Å². The molecule has 1 atom stereocenters. The summed E-state index contributed by atoms with van der Waals surface area (Å²) in [5, 5.41) is 3.18. The van der Waals surface area contributed by atoms with E-state index >= 15 is 0 Å². The van der Waals surface area contributed by atoms with Crippen LogP contribution in [0.25, 0.3) is 0 Å². The Bertz CT molecular complexity index is 713. The molecule has 1 aromatic rings. The third kappa shape index (κ3) is 4.87. The van der Waals surface area contributed by atoms with Gasteiger partial charge in [-0.25, -0.2) is 8.42 Å². The second-order valence-electron chi connectivity index (χ2n) is 7.35. The topological polar surface area (TPSA) is 66.5 Å². The fourth-order valence-electron chi connectivity index (χ4n) is 3.87. The van der Waals surface area contributed by atoms with Crippen LogP contribution in [0.4, 0.5) is 0 Å². The lowest BCUT2D eigenvalue weighted by atomic mass is 9.97. The first-order valence-corrected chi connectivity index (χ1v) is 11.8. The summed E-state index contributed by atoms with van der Waals surface area (Å²) in [5.74, 6) is -0.232. The van der Waals surface area contributed by atoms with Gasteiger partial charge in [-0.3, -0.25) is 4.79 Å². The summed E-state index contributed by atoms with van der Waals surface area (Å²) in [6, 6.07) is 6.92.